The molecule has 0 heterocycles. The van der Waals surface area contributed by atoms with Crippen LogP contribution >= 0.6 is 0 Å². The van der Waals surface area contributed by atoms with Crippen molar-refractivity contribution in [1.82, 2.24) is 0 Å². The average molecular weight is 477 g/mol. The normalized spacial score (nSPS) is 12.0. The molecule has 0 amide bonds. The predicted molar refractivity (Wildman–Crippen MR) is 121 cm³/mol. The number of hydrogen-bond acceptors (Lipinski definition) is 1. The third kappa shape index (κ3) is 18.0. The Bertz CT molecular complexity index is 266. The van der Waals surface area contributed by atoms with Crippen LogP contribution in [0.15, 0.2) is 0 Å². The van der Waals surface area contributed by atoms with Gasteiger partial charge >= 0.3 is 171 Å². The van der Waals surface area contributed by atoms with Crippen molar-refractivity contribution in [3.05, 3.63) is 0 Å². The monoisotopic (exact) mass is 476 g/mol. The quantitative estimate of drug-likeness (QED) is 0.119. The van der Waals surface area contributed by atoms with Crippen molar-refractivity contribution in [3.8, 4) is 0 Å². The minimum absolute atomic E-state index is 1.13. The van der Waals surface area contributed by atoms with E-state index in [0.29, 0.717) is 0 Å². The van der Waals surface area contributed by atoms with Gasteiger partial charge in [-0.15, -0.1) is 0 Å². The zero-order valence-electron chi connectivity index (χ0n) is 18.7. The molecule has 0 unspecified atom stereocenters. The Labute approximate surface area is 170 Å². The summed E-state index contributed by atoms with van der Waals surface area (Å²) < 4.78 is 17.0. The van der Waals surface area contributed by atoms with E-state index in [4.69, 9.17) is 0 Å². The Kier molecular flexibility index (Phi) is 20.8. The molecule has 0 aliphatic heterocycles. The van der Waals surface area contributed by atoms with E-state index in [1.807, 2.05) is 0 Å². The molecule has 0 atom stereocenters. The first-order valence-electron chi connectivity index (χ1n) is 12.3. The topological polar surface area (TPSA) is 17.1 Å². The zero-order valence-corrected chi connectivity index (χ0v) is 21.3. The first-order valence-corrected chi connectivity index (χ1v) is 18.7. The molecule has 26 heavy (non-hydrogen) atoms. The third-order valence-electron chi connectivity index (χ3n) is 5.76. The van der Waals surface area contributed by atoms with Gasteiger partial charge in [0.1, 0.15) is 0 Å². The van der Waals surface area contributed by atoms with Crippen LogP contribution in [0.3, 0.4) is 0 Å². The maximum atomic E-state index is 13.6. The zero-order chi connectivity index (χ0) is 19.3. The molecule has 0 bridgehead atoms. The van der Waals surface area contributed by atoms with Crippen molar-refractivity contribution in [3.63, 3.8) is 0 Å². The van der Waals surface area contributed by atoms with Crippen molar-refractivity contribution in [2.24, 2.45) is 0 Å². The Morgan fingerprint density at radius 1 is 0.385 bits per heavy atom. The van der Waals surface area contributed by atoms with E-state index in [1.54, 1.807) is 0 Å². The van der Waals surface area contributed by atoms with E-state index in [0.717, 1.165) is 13.1 Å². The van der Waals surface area contributed by atoms with Gasteiger partial charge in [-0.3, -0.25) is 0 Å². The van der Waals surface area contributed by atoms with Crippen LogP contribution in [0.1, 0.15) is 136 Å². The number of unbranched alkanes of at least 4 members (excludes halogenated alkanes) is 15. The van der Waals surface area contributed by atoms with Crippen molar-refractivity contribution < 1.29 is 3.02 Å². The van der Waals surface area contributed by atoms with E-state index in [1.165, 1.54) is 116 Å². The fraction of sp³-hybridized carbons (Fsp3) is 1.00. The summed E-state index contributed by atoms with van der Waals surface area (Å²) in [7, 11) is 0. The first-order chi connectivity index (χ1) is 12.7. The van der Waals surface area contributed by atoms with Gasteiger partial charge in [-0.1, -0.05) is 0 Å². The second-order valence-electron chi connectivity index (χ2n) is 8.53. The molecule has 1 nitrogen and oxygen atoms in total. The van der Waals surface area contributed by atoms with Crippen LogP contribution in [-0.4, -0.2) is 18.8 Å². The summed E-state index contributed by atoms with van der Waals surface area (Å²) in [5, 5.41) is 0. The molecular weight excluding hydrogens is 426 g/mol. The molecule has 0 aliphatic rings. The van der Waals surface area contributed by atoms with Gasteiger partial charge in [0, 0.05) is 0 Å². The van der Waals surface area contributed by atoms with Crippen LogP contribution in [0.2, 0.25) is 13.1 Å². The Morgan fingerprint density at radius 3 is 0.885 bits per heavy atom. The predicted octanol–water partition coefficient (Wildman–Crippen LogP) is 9.44. The van der Waals surface area contributed by atoms with Gasteiger partial charge in [0.2, 0.25) is 0 Å². The van der Waals surface area contributed by atoms with Crippen molar-refractivity contribution >= 4 is 18.8 Å². The standard InChI is InChI=1S/3C8H17.O.Sb/c3*1-3-5-7-8-6-4-2;;/h3*1,3-8H2,2H3;;. The molecule has 2 heteroatoms. The van der Waals surface area contributed by atoms with Crippen molar-refractivity contribution in [2.45, 2.75) is 149 Å². The summed E-state index contributed by atoms with van der Waals surface area (Å²) >= 11 is -2.91. The molecule has 0 N–H and O–H groups in total. The average Bonchev–Trinajstić information content (AvgIpc) is 2.64. The fourth-order valence-electron chi connectivity index (χ4n) is 3.88. The van der Waals surface area contributed by atoms with E-state index in [9.17, 15) is 3.02 Å². The maximum absolute atomic E-state index is 13.6. The Morgan fingerprint density at radius 2 is 0.615 bits per heavy atom. The van der Waals surface area contributed by atoms with E-state index >= 15 is 0 Å². The number of rotatable bonds is 21. The summed E-state index contributed by atoms with van der Waals surface area (Å²) in [5.74, 6) is 0. The van der Waals surface area contributed by atoms with Gasteiger partial charge in [0.05, 0.1) is 0 Å². The van der Waals surface area contributed by atoms with Crippen LogP contribution in [-0.2, 0) is 3.02 Å². The molecule has 0 radical (unpaired) electrons. The Hall–Kier alpha value is 0.618. The Balaban J connectivity index is 4.04. The summed E-state index contributed by atoms with van der Waals surface area (Å²) in [5.41, 5.74) is 0. The first kappa shape index (κ1) is 26.6. The van der Waals surface area contributed by atoms with E-state index in [-0.39, 0.29) is 0 Å². The summed E-state index contributed by atoms with van der Waals surface area (Å²) in [4.78, 5) is 0. The van der Waals surface area contributed by atoms with Gasteiger partial charge in [0.25, 0.3) is 0 Å². The fourth-order valence-corrected chi connectivity index (χ4v) is 12.6. The molecule has 0 aromatic carbocycles. The third-order valence-corrected chi connectivity index (χ3v) is 15.4. The molecular formula is C24H51OSb. The van der Waals surface area contributed by atoms with Crippen LogP contribution in [0, 0.1) is 0 Å². The summed E-state index contributed by atoms with van der Waals surface area (Å²) in [6.45, 7) is 6.83. The van der Waals surface area contributed by atoms with Crippen LogP contribution in [0.5, 0.6) is 0 Å². The molecule has 0 rings (SSSR count). The number of hydrogen-bond donors (Lipinski definition) is 0. The van der Waals surface area contributed by atoms with E-state index < -0.39 is 18.8 Å². The molecule has 0 spiro atoms. The SMILES string of the molecule is CCCCCCC[CH2][Sb](=[O])([CH2]CCCCCCC)[CH2]CCCCCCC. The van der Waals surface area contributed by atoms with Crippen molar-refractivity contribution in [2.75, 3.05) is 0 Å². The van der Waals surface area contributed by atoms with Crippen LogP contribution in [0.4, 0.5) is 0 Å². The molecule has 158 valence electrons. The van der Waals surface area contributed by atoms with Gasteiger partial charge in [-0.05, 0) is 0 Å². The second-order valence-corrected chi connectivity index (χ2v) is 18.4. The van der Waals surface area contributed by atoms with Gasteiger partial charge in [-0.25, -0.2) is 0 Å². The van der Waals surface area contributed by atoms with Crippen LogP contribution in [0.25, 0.3) is 0 Å². The summed E-state index contributed by atoms with van der Waals surface area (Å²) in [6.07, 6.45) is 24.1. The molecule has 0 fully saturated rings. The van der Waals surface area contributed by atoms with E-state index in [2.05, 4.69) is 20.8 Å². The summed E-state index contributed by atoms with van der Waals surface area (Å²) in [6, 6.07) is 0. The molecule has 0 aliphatic carbocycles. The minimum atomic E-state index is -2.91. The second kappa shape index (κ2) is 20.4. The van der Waals surface area contributed by atoms with Gasteiger partial charge in [0.15, 0.2) is 0 Å². The molecule has 0 saturated heterocycles. The van der Waals surface area contributed by atoms with Crippen LogP contribution < -0.4 is 0 Å². The van der Waals surface area contributed by atoms with Gasteiger partial charge < -0.3 is 0 Å². The molecule has 0 aromatic heterocycles. The molecule has 0 saturated carbocycles. The van der Waals surface area contributed by atoms with Crippen molar-refractivity contribution in [1.29, 1.82) is 0 Å². The van der Waals surface area contributed by atoms with Gasteiger partial charge in [-0.2, -0.15) is 0 Å². The molecule has 0 aromatic rings.